The molecule has 0 bridgehead atoms. The van der Waals surface area contributed by atoms with Crippen LogP contribution in [-0.4, -0.2) is 41.6 Å². The number of aromatic nitrogens is 1. The van der Waals surface area contributed by atoms with Gasteiger partial charge in [0.05, 0.1) is 0 Å². The fraction of sp³-hybridized carbons (Fsp3) is 0.483. The molecule has 0 unspecified atom stereocenters. The van der Waals surface area contributed by atoms with Gasteiger partial charge in [-0.3, -0.25) is 4.79 Å². The van der Waals surface area contributed by atoms with Crippen LogP contribution < -0.4 is 5.32 Å². The molecule has 1 aliphatic rings. The molecule has 2 heterocycles. The number of carbonyl (C=O) groups is 1. The summed E-state index contributed by atoms with van der Waals surface area (Å²) < 4.78 is 2.32. The first-order chi connectivity index (χ1) is 16.0. The van der Waals surface area contributed by atoms with Crippen LogP contribution in [0.15, 0.2) is 54.7 Å². The average molecular weight is 446 g/mol. The number of nitrogens with zero attached hydrogens (tertiary/aromatic N) is 2. The summed E-state index contributed by atoms with van der Waals surface area (Å²) in [4.78, 5) is 15.1. The summed E-state index contributed by atoms with van der Waals surface area (Å²) in [7, 11) is 0. The number of hydrogen-bond acceptors (Lipinski definition) is 2. The van der Waals surface area contributed by atoms with Gasteiger partial charge in [0.2, 0.25) is 5.91 Å². The minimum absolute atomic E-state index is 0.158. The van der Waals surface area contributed by atoms with E-state index in [1.165, 1.54) is 47.1 Å². The molecular formula is C29H39N3O. The summed E-state index contributed by atoms with van der Waals surface area (Å²) in [6.07, 6.45) is 5.92. The second kappa shape index (κ2) is 11.0. The molecule has 1 N–H and O–H groups in total. The quantitative estimate of drug-likeness (QED) is 0.447. The van der Waals surface area contributed by atoms with Crippen LogP contribution in [0.2, 0.25) is 0 Å². The lowest BCUT2D eigenvalue weighted by molar-refractivity contribution is -0.121. The van der Waals surface area contributed by atoms with Gasteiger partial charge >= 0.3 is 0 Å². The number of rotatable bonds is 9. The first-order valence-electron chi connectivity index (χ1n) is 12.6. The summed E-state index contributed by atoms with van der Waals surface area (Å²) in [6.45, 7) is 12.0. The van der Waals surface area contributed by atoms with Crippen molar-refractivity contribution in [3.05, 3.63) is 71.4 Å². The highest BCUT2D eigenvalue weighted by atomic mass is 16.1. The van der Waals surface area contributed by atoms with Crippen molar-refractivity contribution in [1.82, 2.24) is 14.8 Å². The first-order valence-corrected chi connectivity index (χ1v) is 12.6. The molecule has 4 rings (SSSR count). The van der Waals surface area contributed by atoms with Gasteiger partial charge in [0.1, 0.15) is 0 Å². The van der Waals surface area contributed by atoms with Gasteiger partial charge in [0.25, 0.3) is 0 Å². The Labute approximate surface area is 199 Å². The summed E-state index contributed by atoms with van der Waals surface area (Å²) >= 11 is 0. The number of aryl methyl sites for hydroxylation is 2. The van der Waals surface area contributed by atoms with E-state index in [0.717, 1.165) is 44.3 Å². The molecule has 4 nitrogen and oxygen atoms in total. The second-order valence-electron chi connectivity index (χ2n) is 10.1. The zero-order valence-corrected chi connectivity index (χ0v) is 20.5. The monoisotopic (exact) mass is 445 g/mol. The van der Waals surface area contributed by atoms with Gasteiger partial charge in [-0.25, -0.2) is 0 Å². The summed E-state index contributed by atoms with van der Waals surface area (Å²) in [6, 6.07) is 17.1. The molecule has 0 aliphatic carbocycles. The van der Waals surface area contributed by atoms with Gasteiger partial charge in [-0.05, 0) is 67.3 Å². The Bertz CT molecular complexity index is 1060. The summed E-state index contributed by atoms with van der Waals surface area (Å²) in [5.41, 5.74) is 5.14. The predicted octanol–water partition coefficient (Wildman–Crippen LogP) is 5.41. The number of carbonyl (C=O) groups excluding carboxylic acids is 1. The SMILES string of the molecule is Cc1ccccc1Cn1cc(CCC(=O)NCCCN2C[C@@H](C)C[C@H](C)C2)c2ccccc21. The van der Waals surface area contributed by atoms with Gasteiger partial charge in [0.15, 0.2) is 0 Å². The third-order valence-corrected chi connectivity index (χ3v) is 7.01. The van der Waals surface area contributed by atoms with Crippen molar-refractivity contribution in [3.8, 4) is 0 Å². The van der Waals surface area contributed by atoms with Crippen molar-refractivity contribution in [2.24, 2.45) is 11.8 Å². The zero-order chi connectivity index (χ0) is 23.2. The molecule has 2 atom stereocenters. The number of fused-ring (bicyclic) bond motifs is 1. The number of likely N-dealkylation sites (tertiary alicyclic amines) is 1. The lowest BCUT2D eigenvalue weighted by Gasteiger charge is -2.34. The molecule has 0 saturated carbocycles. The van der Waals surface area contributed by atoms with Crippen molar-refractivity contribution in [2.45, 2.75) is 53.0 Å². The number of hydrogen-bond donors (Lipinski definition) is 1. The van der Waals surface area contributed by atoms with E-state index in [0.29, 0.717) is 6.42 Å². The molecule has 4 heteroatoms. The molecule has 2 aromatic carbocycles. The van der Waals surface area contributed by atoms with E-state index in [2.05, 4.69) is 90.3 Å². The molecule has 0 radical (unpaired) electrons. The van der Waals surface area contributed by atoms with Gasteiger partial charge < -0.3 is 14.8 Å². The minimum Gasteiger partial charge on any atom is -0.356 e. The highest BCUT2D eigenvalue weighted by molar-refractivity contribution is 5.85. The van der Waals surface area contributed by atoms with Crippen LogP contribution in [0.25, 0.3) is 10.9 Å². The summed E-state index contributed by atoms with van der Waals surface area (Å²) in [5.74, 6) is 1.73. The Kier molecular flexibility index (Phi) is 7.87. The molecule has 176 valence electrons. The van der Waals surface area contributed by atoms with Gasteiger partial charge in [-0.15, -0.1) is 0 Å². The molecule has 33 heavy (non-hydrogen) atoms. The maximum atomic E-state index is 12.5. The molecule has 1 aliphatic heterocycles. The van der Waals surface area contributed by atoms with E-state index < -0.39 is 0 Å². The Morgan fingerprint density at radius 1 is 1.00 bits per heavy atom. The number of para-hydroxylation sites is 1. The molecule has 1 aromatic heterocycles. The number of amides is 1. The lowest BCUT2D eigenvalue weighted by atomic mass is 9.92. The van der Waals surface area contributed by atoms with Crippen LogP contribution >= 0.6 is 0 Å². The van der Waals surface area contributed by atoms with Crippen LogP contribution in [-0.2, 0) is 17.8 Å². The Morgan fingerprint density at radius 2 is 1.73 bits per heavy atom. The predicted molar refractivity (Wildman–Crippen MR) is 138 cm³/mol. The van der Waals surface area contributed by atoms with Gasteiger partial charge in [-0.2, -0.15) is 0 Å². The van der Waals surface area contributed by atoms with E-state index in [1.54, 1.807) is 0 Å². The fourth-order valence-corrected chi connectivity index (χ4v) is 5.47. The molecular weight excluding hydrogens is 406 g/mol. The number of nitrogens with one attached hydrogen (secondary N) is 1. The van der Waals surface area contributed by atoms with E-state index in [9.17, 15) is 4.79 Å². The van der Waals surface area contributed by atoms with Crippen LogP contribution in [0.4, 0.5) is 0 Å². The zero-order valence-electron chi connectivity index (χ0n) is 20.5. The Balaban J connectivity index is 1.29. The smallest absolute Gasteiger partial charge is 0.220 e. The van der Waals surface area contributed by atoms with Crippen molar-refractivity contribution < 1.29 is 4.79 Å². The lowest BCUT2D eigenvalue weighted by Crippen LogP contribution is -2.40. The van der Waals surface area contributed by atoms with Crippen LogP contribution in [0, 0.1) is 18.8 Å². The van der Waals surface area contributed by atoms with E-state index >= 15 is 0 Å². The Hall–Kier alpha value is -2.59. The highest BCUT2D eigenvalue weighted by Crippen LogP contribution is 2.24. The fourth-order valence-electron chi connectivity index (χ4n) is 5.47. The maximum Gasteiger partial charge on any atom is 0.220 e. The third kappa shape index (κ3) is 6.26. The first kappa shape index (κ1) is 23.6. The molecule has 1 fully saturated rings. The van der Waals surface area contributed by atoms with Crippen molar-refractivity contribution in [3.63, 3.8) is 0 Å². The highest BCUT2D eigenvalue weighted by Gasteiger charge is 2.21. The molecule has 0 spiro atoms. The topological polar surface area (TPSA) is 37.3 Å². The van der Waals surface area contributed by atoms with Gasteiger partial charge in [-0.1, -0.05) is 56.3 Å². The van der Waals surface area contributed by atoms with Gasteiger partial charge in [0, 0.05) is 49.7 Å². The van der Waals surface area contributed by atoms with Crippen molar-refractivity contribution >= 4 is 16.8 Å². The minimum atomic E-state index is 0.158. The summed E-state index contributed by atoms with van der Waals surface area (Å²) in [5, 5.41) is 4.40. The average Bonchev–Trinajstić information content (AvgIpc) is 3.14. The van der Waals surface area contributed by atoms with Crippen LogP contribution in [0.5, 0.6) is 0 Å². The Morgan fingerprint density at radius 3 is 2.52 bits per heavy atom. The second-order valence-corrected chi connectivity index (χ2v) is 10.1. The van der Waals surface area contributed by atoms with E-state index in [1.807, 2.05) is 0 Å². The van der Waals surface area contributed by atoms with E-state index in [4.69, 9.17) is 0 Å². The standard InChI is InChI=1S/C29H39N3O/c1-22-17-23(2)19-31(18-22)16-8-15-30-29(33)14-13-26-21-32(28-12-7-6-11-27(26)28)20-25-10-5-4-9-24(25)3/h4-7,9-12,21-23H,8,13-20H2,1-3H3,(H,30,33)/t22-,23-/m0/s1. The van der Waals surface area contributed by atoms with Crippen molar-refractivity contribution in [2.75, 3.05) is 26.2 Å². The molecule has 3 aromatic rings. The maximum absolute atomic E-state index is 12.5. The number of piperidine rings is 1. The third-order valence-electron chi connectivity index (χ3n) is 7.01. The molecule has 1 saturated heterocycles. The largest absolute Gasteiger partial charge is 0.356 e. The van der Waals surface area contributed by atoms with E-state index in [-0.39, 0.29) is 5.91 Å². The molecule has 1 amide bonds. The van der Waals surface area contributed by atoms with Crippen LogP contribution in [0.3, 0.4) is 0 Å². The number of benzene rings is 2. The van der Waals surface area contributed by atoms with Crippen LogP contribution in [0.1, 0.15) is 49.8 Å². The normalized spacial score (nSPS) is 19.1. The van der Waals surface area contributed by atoms with Crippen molar-refractivity contribution in [1.29, 1.82) is 0 Å².